The summed E-state index contributed by atoms with van der Waals surface area (Å²) in [5, 5.41) is 15.6. The second kappa shape index (κ2) is 5.65. The lowest BCUT2D eigenvalue weighted by atomic mass is 10.2. The molecule has 21 heavy (non-hydrogen) atoms. The molecule has 4 nitrogen and oxygen atoms in total. The van der Waals surface area contributed by atoms with E-state index < -0.39 is 5.82 Å². The molecule has 0 aliphatic carbocycles. The van der Waals surface area contributed by atoms with Crippen molar-refractivity contribution in [3.63, 3.8) is 0 Å². The van der Waals surface area contributed by atoms with Gasteiger partial charge in [-0.05, 0) is 36.4 Å². The monoisotopic (exact) mass is 304 g/mol. The normalized spacial score (nSPS) is 13.5. The second-order valence-corrected chi connectivity index (χ2v) is 5.69. The SMILES string of the molecule is O=C1CSc2ccc(NCc3cc(F)ccc3O)cc2N1. The minimum absolute atomic E-state index is 0.0209. The van der Waals surface area contributed by atoms with Crippen LogP contribution in [0.3, 0.4) is 0 Å². The number of hydrogen-bond acceptors (Lipinski definition) is 4. The molecule has 0 fully saturated rings. The average Bonchev–Trinajstić information content (AvgIpc) is 2.47. The molecule has 0 unspecified atom stereocenters. The number of carbonyl (C=O) groups is 1. The molecule has 0 spiro atoms. The standard InChI is InChI=1S/C15H13FN2O2S/c16-10-1-3-13(19)9(5-10)7-17-11-2-4-14-12(6-11)18-15(20)8-21-14/h1-6,17,19H,7-8H2,(H,18,20). The van der Waals surface area contributed by atoms with Gasteiger partial charge >= 0.3 is 0 Å². The first kappa shape index (κ1) is 13.8. The number of hydrogen-bond donors (Lipinski definition) is 3. The number of aromatic hydroxyl groups is 1. The molecule has 0 saturated heterocycles. The van der Waals surface area contributed by atoms with Crippen molar-refractivity contribution >= 4 is 29.0 Å². The van der Waals surface area contributed by atoms with E-state index in [-0.39, 0.29) is 11.7 Å². The van der Waals surface area contributed by atoms with Crippen LogP contribution < -0.4 is 10.6 Å². The Labute approximate surface area is 125 Å². The number of nitrogens with one attached hydrogen (secondary N) is 2. The van der Waals surface area contributed by atoms with Crippen LogP contribution in [0.1, 0.15) is 5.56 Å². The van der Waals surface area contributed by atoms with E-state index in [4.69, 9.17) is 0 Å². The first-order valence-electron chi connectivity index (χ1n) is 6.40. The molecule has 108 valence electrons. The minimum atomic E-state index is -0.390. The van der Waals surface area contributed by atoms with E-state index >= 15 is 0 Å². The summed E-state index contributed by atoms with van der Waals surface area (Å²) in [6, 6.07) is 9.47. The Bertz CT molecular complexity index is 706. The van der Waals surface area contributed by atoms with Crippen LogP contribution in [-0.4, -0.2) is 16.8 Å². The molecule has 0 radical (unpaired) electrons. The topological polar surface area (TPSA) is 61.4 Å². The molecular weight excluding hydrogens is 291 g/mol. The fourth-order valence-corrected chi connectivity index (χ4v) is 2.87. The van der Waals surface area contributed by atoms with Crippen LogP contribution in [0, 0.1) is 5.82 Å². The predicted molar refractivity (Wildman–Crippen MR) is 81.2 cm³/mol. The molecule has 0 saturated carbocycles. The highest BCUT2D eigenvalue weighted by Gasteiger charge is 2.15. The van der Waals surface area contributed by atoms with Crippen LogP contribution in [-0.2, 0) is 11.3 Å². The summed E-state index contributed by atoms with van der Waals surface area (Å²) in [6.45, 7) is 0.295. The summed E-state index contributed by atoms with van der Waals surface area (Å²) in [4.78, 5) is 12.4. The summed E-state index contributed by atoms with van der Waals surface area (Å²) in [5.41, 5.74) is 2.04. The van der Waals surface area contributed by atoms with E-state index in [0.717, 1.165) is 16.3 Å². The van der Waals surface area contributed by atoms with Crippen LogP contribution in [0.4, 0.5) is 15.8 Å². The number of benzene rings is 2. The zero-order valence-electron chi connectivity index (χ0n) is 11.0. The number of amides is 1. The minimum Gasteiger partial charge on any atom is -0.508 e. The van der Waals surface area contributed by atoms with E-state index in [1.807, 2.05) is 18.2 Å². The van der Waals surface area contributed by atoms with Crippen molar-refractivity contribution in [3.8, 4) is 5.75 Å². The number of anilines is 2. The van der Waals surface area contributed by atoms with Crippen molar-refractivity contribution in [1.82, 2.24) is 0 Å². The Morgan fingerprint density at radius 2 is 2.14 bits per heavy atom. The highest BCUT2D eigenvalue weighted by molar-refractivity contribution is 8.00. The molecular formula is C15H13FN2O2S. The largest absolute Gasteiger partial charge is 0.508 e. The maximum atomic E-state index is 13.2. The van der Waals surface area contributed by atoms with Crippen molar-refractivity contribution in [3.05, 3.63) is 47.8 Å². The molecule has 3 N–H and O–H groups in total. The van der Waals surface area contributed by atoms with Gasteiger partial charge in [0, 0.05) is 22.7 Å². The van der Waals surface area contributed by atoms with Gasteiger partial charge in [0.15, 0.2) is 0 Å². The Morgan fingerprint density at radius 1 is 1.29 bits per heavy atom. The Morgan fingerprint density at radius 3 is 3.00 bits per heavy atom. The smallest absolute Gasteiger partial charge is 0.234 e. The highest BCUT2D eigenvalue weighted by atomic mass is 32.2. The molecule has 1 aliphatic rings. The molecule has 3 rings (SSSR count). The van der Waals surface area contributed by atoms with Gasteiger partial charge in [-0.3, -0.25) is 4.79 Å². The number of phenolic OH excluding ortho intramolecular Hbond substituents is 1. The third-order valence-electron chi connectivity index (χ3n) is 3.14. The van der Waals surface area contributed by atoms with Gasteiger partial charge in [-0.15, -0.1) is 11.8 Å². The van der Waals surface area contributed by atoms with Crippen LogP contribution in [0.2, 0.25) is 0 Å². The Kier molecular flexibility index (Phi) is 3.70. The third kappa shape index (κ3) is 3.11. The van der Waals surface area contributed by atoms with Crippen molar-refractivity contribution in [1.29, 1.82) is 0 Å². The zero-order valence-corrected chi connectivity index (χ0v) is 11.8. The number of thioether (sulfide) groups is 1. The summed E-state index contributed by atoms with van der Waals surface area (Å²) < 4.78 is 13.2. The fourth-order valence-electron chi connectivity index (χ4n) is 2.09. The van der Waals surface area contributed by atoms with Gasteiger partial charge in [-0.2, -0.15) is 0 Å². The summed E-state index contributed by atoms with van der Waals surface area (Å²) in [7, 11) is 0. The quantitative estimate of drug-likeness (QED) is 0.815. The van der Waals surface area contributed by atoms with Crippen LogP contribution in [0.25, 0.3) is 0 Å². The van der Waals surface area contributed by atoms with Gasteiger partial charge in [0.2, 0.25) is 5.91 Å². The molecule has 1 heterocycles. The van der Waals surface area contributed by atoms with Gasteiger partial charge in [-0.25, -0.2) is 4.39 Å². The molecule has 6 heteroatoms. The molecule has 2 aromatic carbocycles. The number of carbonyl (C=O) groups excluding carboxylic acids is 1. The number of rotatable bonds is 3. The molecule has 2 aromatic rings. The van der Waals surface area contributed by atoms with Gasteiger partial charge in [-0.1, -0.05) is 0 Å². The van der Waals surface area contributed by atoms with Crippen molar-refractivity contribution in [2.75, 3.05) is 16.4 Å². The lowest BCUT2D eigenvalue weighted by Gasteiger charge is -2.17. The number of fused-ring (bicyclic) bond motifs is 1. The maximum Gasteiger partial charge on any atom is 0.234 e. The van der Waals surface area contributed by atoms with E-state index in [2.05, 4.69) is 10.6 Å². The van der Waals surface area contributed by atoms with E-state index in [9.17, 15) is 14.3 Å². The Balaban J connectivity index is 1.75. The summed E-state index contributed by atoms with van der Waals surface area (Å²) in [6.07, 6.45) is 0. The maximum absolute atomic E-state index is 13.2. The predicted octanol–water partition coefficient (Wildman–Crippen LogP) is 3.19. The van der Waals surface area contributed by atoms with Gasteiger partial charge in [0.25, 0.3) is 0 Å². The zero-order chi connectivity index (χ0) is 14.8. The number of phenols is 1. The third-order valence-corrected chi connectivity index (χ3v) is 4.21. The van der Waals surface area contributed by atoms with Crippen molar-refractivity contribution in [2.24, 2.45) is 0 Å². The molecule has 0 atom stereocenters. The van der Waals surface area contributed by atoms with Crippen LogP contribution >= 0.6 is 11.8 Å². The molecule has 0 aromatic heterocycles. The first-order chi connectivity index (χ1) is 10.1. The van der Waals surface area contributed by atoms with E-state index in [1.54, 1.807) is 0 Å². The Hall–Kier alpha value is -2.21. The lowest BCUT2D eigenvalue weighted by Crippen LogP contribution is -2.18. The molecule has 0 bridgehead atoms. The van der Waals surface area contributed by atoms with E-state index in [1.165, 1.54) is 30.0 Å². The van der Waals surface area contributed by atoms with Crippen molar-refractivity contribution in [2.45, 2.75) is 11.4 Å². The van der Waals surface area contributed by atoms with Crippen LogP contribution in [0.15, 0.2) is 41.3 Å². The van der Waals surface area contributed by atoms with E-state index in [0.29, 0.717) is 17.9 Å². The lowest BCUT2D eigenvalue weighted by molar-refractivity contribution is -0.113. The second-order valence-electron chi connectivity index (χ2n) is 4.67. The number of halogens is 1. The fraction of sp³-hybridized carbons (Fsp3) is 0.133. The first-order valence-corrected chi connectivity index (χ1v) is 7.38. The summed E-state index contributed by atoms with van der Waals surface area (Å²) >= 11 is 1.49. The van der Waals surface area contributed by atoms with Crippen LogP contribution in [0.5, 0.6) is 5.75 Å². The summed E-state index contributed by atoms with van der Waals surface area (Å²) in [5.74, 6) is 0.0635. The highest BCUT2D eigenvalue weighted by Crippen LogP contribution is 2.33. The average molecular weight is 304 g/mol. The van der Waals surface area contributed by atoms with Crippen molar-refractivity contribution < 1.29 is 14.3 Å². The molecule has 1 amide bonds. The van der Waals surface area contributed by atoms with Gasteiger partial charge < -0.3 is 15.7 Å². The van der Waals surface area contributed by atoms with Gasteiger partial charge in [0.05, 0.1) is 11.4 Å². The molecule has 1 aliphatic heterocycles. The van der Waals surface area contributed by atoms with Gasteiger partial charge in [0.1, 0.15) is 11.6 Å².